The van der Waals surface area contributed by atoms with Crippen LogP contribution in [0.1, 0.15) is 22.3 Å². The van der Waals surface area contributed by atoms with E-state index >= 15 is 0 Å². The quantitative estimate of drug-likeness (QED) is 0.679. The summed E-state index contributed by atoms with van der Waals surface area (Å²) in [6.45, 7) is 3.97. The Hall–Kier alpha value is -1.99. The van der Waals surface area contributed by atoms with E-state index in [1.807, 2.05) is 25.1 Å². The monoisotopic (exact) mass is 320 g/mol. The number of hydrogen-bond donors (Lipinski definition) is 0. The molecule has 108 valence electrons. The van der Waals surface area contributed by atoms with Crippen molar-refractivity contribution in [2.45, 2.75) is 13.8 Å². The lowest BCUT2D eigenvalue weighted by molar-refractivity contribution is 0.0531. The minimum atomic E-state index is -0.314. The predicted molar refractivity (Wildman–Crippen MR) is 81.6 cm³/mol. The van der Waals surface area contributed by atoms with E-state index in [0.717, 1.165) is 20.5 Å². The van der Waals surface area contributed by atoms with E-state index in [4.69, 9.17) is 9.26 Å². The van der Waals surface area contributed by atoms with Gasteiger partial charge >= 0.3 is 5.97 Å². The first-order chi connectivity index (χ1) is 10.2. The van der Waals surface area contributed by atoms with Gasteiger partial charge in [-0.15, -0.1) is 22.7 Å². The molecule has 0 atom stereocenters. The molecule has 0 fully saturated rings. The van der Waals surface area contributed by atoms with Crippen molar-refractivity contribution in [1.82, 2.24) is 10.1 Å². The SMILES string of the molecule is CCOC(=O)c1sc(-c2ccc(-c3ccno3)s2)nc1C. The Morgan fingerprint density at radius 1 is 1.29 bits per heavy atom. The van der Waals surface area contributed by atoms with Gasteiger partial charge in [0.05, 0.1) is 28.3 Å². The van der Waals surface area contributed by atoms with Crippen molar-refractivity contribution in [3.05, 3.63) is 35.0 Å². The topological polar surface area (TPSA) is 65.2 Å². The van der Waals surface area contributed by atoms with Gasteiger partial charge in [0.15, 0.2) is 5.76 Å². The van der Waals surface area contributed by atoms with Gasteiger partial charge in [0, 0.05) is 6.07 Å². The molecule has 0 aliphatic heterocycles. The van der Waals surface area contributed by atoms with E-state index in [1.54, 1.807) is 24.5 Å². The summed E-state index contributed by atoms with van der Waals surface area (Å²) in [5, 5.41) is 4.51. The molecule has 0 aliphatic carbocycles. The fraction of sp³-hybridized carbons (Fsp3) is 0.214. The lowest BCUT2D eigenvalue weighted by atomic mass is 10.3. The molecule has 3 aromatic rings. The summed E-state index contributed by atoms with van der Waals surface area (Å²) in [6, 6.07) is 5.74. The number of hydrogen-bond acceptors (Lipinski definition) is 7. The third-order valence-corrected chi connectivity index (χ3v) is 5.16. The number of thiophene rings is 1. The first kappa shape index (κ1) is 14.0. The summed E-state index contributed by atoms with van der Waals surface area (Å²) < 4.78 is 10.2. The second kappa shape index (κ2) is 5.79. The third-order valence-electron chi connectivity index (χ3n) is 2.75. The van der Waals surface area contributed by atoms with Crippen molar-refractivity contribution in [3.63, 3.8) is 0 Å². The highest BCUT2D eigenvalue weighted by Gasteiger charge is 2.18. The normalized spacial score (nSPS) is 10.8. The maximum Gasteiger partial charge on any atom is 0.350 e. The van der Waals surface area contributed by atoms with Crippen LogP contribution < -0.4 is 0 Å². The molecule has 0 aromatic carbocycles. The van der Waals surface area contributed by atoms with Gasteiger partial charge < -0.3 is 9.26 Å². The zero-order chi connectivity index (χ0) is 14.8. The summed E-state index contributed by atoms with van der Waals surface area (Å²) in [4.78, 5) is 18.8. The average molecular weight is 320 g/mol. The van der Waals surface area contributed by atoms with Crippen molar-refractivity contribution < 1.29 is 14.1 Å². The molecule has 0 saturated carbocycles. The Morgan fingerprint density at radius 2 is 2.10 bits per heavy atom. The summed E-state index contributed by atoms with van der Waals surface area (Å²) in [6.07, 6.45) is 1.61. The van der Waals surface area contributed by atoms with E-state index < -0.39 is 0 Å². The number of carbonyl (C=O) groups is 1. The van der Waals surface area contributed by atoms with E-state index in [2.05, 4.69) is 10.1 Å². The van der Waals surface area contributed by atoms with Gasteiger partial charge in [-0.1, -0.05) is 5.16 Å². The fourth-order valence-corrected chi connectivity index (χ4v) is 3.79. The van der Waals surface area contributed by atoms with Gasteiger partial charge in [-0.2, -0.15) is 0 Å². The van der Waals surface area contributed by atoms with Crippen LogP contribution in [0, 0.1) is 6.92 Å². The highest BCUT2D eigenvalue weighted by Crippen LogP contribution is 2.37. The molecule has 0 N–H and O–H groups in total. The van der Waals surface area contributed by atoms with Crippen LogP contribution in [-0.4, -0.2) is 22.7 Å². The number of carbonyl (C=O) groups excluding carboxylic acids is 1. The molecule has 0 spiro atoms. The minimum absolute atomic E-state index is 0.314. The summed E-state index contributed by atoms with van der Waals surface area (Å²) >= 11 is 2.90. The van der Waals surface area contributed by atoms with Gasteiger partial charge in [0.1, 0.15) is 9.88 Å². The van der Waals surface area contributed by atoms with Crippen LogP contribution in [0.4, 0.5) is 0 Å². The van der Waals surface area contributed by atoms with Crippen LogP contribution in [0.3, 0.4) is 0 Å². The smallest absolute Gasteiger partial charge is 0.350 e. The van der Waals surface area contributed by atoms with E-state index in [0.29, 0.717) is 17.2 Å². The highest BCUT2D eigenvalue weighted by molar-refractivity contribution is 7.24. The molecule has 7 heteroatoms. The van der Waals surface area contributed by atoms with Gasteiger partial charge in [0.2, 0.25) is 0 Å². The standard InChI is InChI=1S/C14H12N2O3S2/c1-3-18-14(17)12-8(2)16-13(21-12)11-5-4-10(20-11)9-6-7-15-19-9/h4-7H,3H2,1-2H3. The number of esters is 1. The molecular weight excluding hydrogens is 308 g/mol. The number of aromatic nitrogens is 2. The van der Waals surface area contributed by atoms with E-state index in [-0.39, 0.29) is 5.97 Å². The number of ether oxygens (including phenoxy) is 1. The van der Waals surface area contributed by atoms with Gasteiger partial charge in [-0.3, -0.25) is 0 Å². The van der Waals surface area contributed by atoms with Crippen LogP contribution in [-0.2, 0) is 4.74 Å². The zero-order valence-corrected chi connectivity index (χ0v) is 13.1. The van der Waals surface area contributed by atoms with E-state index in [1.165, 1.54) is 11.3 Å². The third kappa shape index (κ3) is 2.74. The lowest BCUT2D eigenvalue weighted by Gasteiger charge is -1.97. The molecule has 0 bridgehead atoms. The van der Waals surface area contributed by atoms with Crippen LogP contribution >= 0.6 is 22.7 Å². The maximum absolute atomic E-state index is 11.8. The van der Waals surface area contributed by atoms with Crippen LogP contribution in [0.15, 0.2) is 28.9 Å². The predicted octanol–water partition coefficient (Wildman–Crippen LogP) is 4.01. The Labute approximate surface area is 129 Å². The van der Waals surface area contributed by atoms with Gasteiger partial charge in [0.25, 0.3) is 0 Å². The number of aryl methyl sites for hydroxylation is 1. The number of thiazole rings is 1. The maximum atomic E-state index is 11.8. The molecule has 3 rings (SSSR count). The van der Waals surface area contributed by atoms with Crippen molar-refractivity contribution in [2.24, 2.45) is 0 Å². The second-order valence-electron chi connectivity index (χ2n) is 4.19. The van der Waals surface area contributed by atoms with Crippen LogP contribution in [0.2, 0.25) is 0 Å². The van der Waals surface area contributed by atoms with Gasteiger partial charge in [-0.25, -0.2) is 9.78 Å². The van der Waals surface area contributed by atoms with Crippen molar-refractivity contribution >= 4 is 28.6 Å². The van der Waals surface area contributed by atoms with Crippen molar-refractivity contribution in [3.8, 4) is 20.5 Å². The molecule has 21 heavy (non-hydrogen) atoms. The Morgan fingerprint density at radius 3 is 2.81 bits per heavy atom. The molecule has 3 heterocycles. The second-order valence-corrected chi connectivity index (χ2v) is 6.28. The molecule has 5 nitrogen and oxygen atoms in total. The van der Waals surface area contributed by atoms with Crippen LogP contribution in [0.5, 0.6) is 0 Å². The van der Waals surface area contributed by atoms with Crippen molar-refractivity contribution in [1.29, 1.82) is 0 Å². The molecular formula is C14H12N2O3S2. The Kier molecular flexibility index (Phi) is 3.85. The first-order valence-electron chi connectivity index (χ1n) is 6.35. The molecule has 0 aliphatic rings. The summed E-state index contributed by atoms with van der Waals surface area (Å²) in [7, 11) is 0. The molecule has 0 saturated heterocycles. The van der Waals surface area contributed by atoms with Crippen LogP contribution in [0.25, 0.3) is 20.5 Å². The molecule has 3 aromatic heterocycles. The highest BCUT2D eigenvalue weighted by atomic mass is 32.1. The average Bonchev–Trinajstić information content (AvgIpc) is 3.18. The zero-order valence-electron chi connectivity index (χ0n) is 11.5. The summed E-state index contributed by atoms with van der Waals surface area (Å²) in [5.41, 5.74) is 0.697. The largest absolute Gasteiger partial charge is 0.462 e. The first-order valence-corrected chi connectivity index (χ1v) is 7.98. The Balaban J connectivity index is 1.91. The molecule has 0 unspecified atom stereocenters. The van der Waals surface area contributed by atoms with Crippen molar-refractivity contribution in [2.75, 3.05) is 6.61 Å². The fourth-order valence-electron chi connectivity index (χ4n) is 1.82. The summed E-state index contributed by atoms with van der Waals surface area (Å²) in [5.74, 6) is 0.413. The van der Waals surface area contributed by atoms with E-state index in [9.17, 15) is 4.79 Å². The Bertz CT molecular complexity index is 759. The molecule has 0 radical (unpaired) electrons. The molecule has 0 amide bonds. The number of nitrogens with zero attached hydrogens (tertiary/aromatic N) is 2. The minimum Gasteiger partial charge on any atom is -0.462 e. The van der Waals surface area contributed by atoms with Gasteiger partial charge in [-0.05, 0) is 26.0 Å². The number of rotatable bonds is 4. The lowest BCUT2D eigenvalue weighted by Crippen LogP contribution is -2.03.